The molecule has 0 aromatic carbocycles. The molecule has 110 valence electrons. The van der Waals surface area contributed by atoms with Crippen molar-refractivity contribution in [1.29, 1.82) is 0 Å². The van der Waals surface area contributed by atoms with E-state index in [-0.39, 0.29) is 23.3 Å². The number of oxazole rings is 1. The van der Waals surface area contributed by atoms with E-state index in [1.54, 1.807) is 6.92 Å². The summed E-state index contributed by atoms with van der Waals surface area (Å²) in [5.41, 5.74) is 0.0146. The fourth-order valence-electron chi connectivity index (χ4n) is 1.20. The van der Waals surface area contributed by atoms with Gasteiger partial charge in [-0.15, -0.1) is 0 Å². The molecule has 0 fully saturated rings. The Morgan fingerprint density at radius 1 is 1.55 bits per heavy atom. The van der Waals surface area contributed by atoms with Crippen LogP contribution >= 0.6 is 11.8 Å². The van der Waals surface area contributed by atoms with Crippen molar-refractivity contribution in [2.45, 2.75) is 25.1 Å². The number of carboxylic acids is 1. The molecule has 0 spiro atoms. The zero-order chi connectivity index (χ0) is 15.1. The van der Waals surface area contributed by atoms with Gasteiger partial charge in [-0.1, -0.05) is 11.8 Å². The minimum atomic E-state index is -1.16. The Hall–Kier alpha value is -2.03. The van der Waals surface area contributed by atoms with Crippen molar-refractivity contribution in [3.63, 3.8) is 0 Å². The molecular weight excluding hydrogens is 288 g/mol. The third-order valence-electron chi connectivity index (χ3n) is 2.02. The molecule has 8 nitrogen and oxygen atoms in total. The number of amides is 1. The summed E-state index contributed by atoms with van der Waals surface area (Å²) in [7, 11) is 0. The van der Waals surface area contributed by atoms with Crippen molar-refractivity contribution < 1.29 is 28.6 Å². The van der Waals surface area contributed by atoms with Crippen LogP contribution in [0.25, 0.3) is 0 Å². The highest BCUT2D eigenvalue weighted by atomic mass is 32.2. The third-order valence-corrected chi connectivity index (χ3v) is 2.95. The Morgan fingerprint density at radius 2 is 2.25 bits per heavy atom. The van der Waals surface area contributed by atoms with Crippen LogP contribution < -0.4 is 5.32 Å². The number of nitrogens with one attached hydrogen (secondary N) is 1. The van der Waals surface area contributed by atoms with Crippen molar-refractivity contribution in [2.24, 2.45) is 0 Å². The molecule has 1 aromatic heterocycles. The van der Waals surface area contributed by atoms with Crippen LogP contribution in [-0.4, -0.2) is 46.3 Å². The lowest BCUT2D eigenvalue weighted by Crippen LogP contribution is -2.41. The lowest BCUT2D eigenvalue weighted by atomic mass is 10.3. The van der Waals surface area contributed by atoms with Crippen LogP contribution in [0, 0.1) is 0 Å². The topological polar surface area (TPSA) is 119 Å². The first kappa shape index (κ1) is 16.0. The first-order chi connectivity index (χ1) is 9.43. The summed E-state index contributed by atoms with van der Waals surface area (Å²) in [6, 6.07) is -1.06. The normalized spacial score (nSPS) is 11.7. The highest BCUT2D eigenvalue weighted by molar-refractivity contribution is 7.99. The van der Waals surface area contributed by atoms with Crippen LogP contribution in [0.1, 0.15) is 24.3 Å². The van der Waals surface area contributed by atoms with Gasteiger partial charge < -0.3 is 19.6 Å². The van der Waals surface area contributed by atoms with Crippen LogP contribution in [0.2, 0.25) is 0 Å². The Labute approximate surface area is 118 Å². The van der Waals surface area contributed by atoms with Crippen LogP contribution in [0.3, 0.4) is 0 Å². The Bertz CT molecular complexity index is 501. The summed E-state index contributed by atoms with van der Waals surface area (Å²) in [4.78, 5) is 37.0. The van der Waals surface area contributed by atoms with Gasteiger partial charge in [0.05, 0.1) is 6.61 Å². The minimum absolute atomic E-state index is 0.0146. The van der Waals surface area contributed by atoms with Crippen molar-refractivity contribution in [1.82, 2.24) is 10.3 Å². The maximum Gasteiger partial charge on any atom is 0.360 e. The van der Waals surface area contributed by atoms with Crippen LogP contribution in [0.4, 0.5) is 0 Å². The molecule has 1 unspecified atom stereocenters. The minimum Gasteiger partial charge on any atom is -0.480 e. The van der Waals surface area contributed by atoms with Gasteiger partial charge in [-0.05, 0) is 6.92 Å². The predicted molar refractivity (Wildman–Crippen MR) is 68.4 cm³/mol. The van der Waals surface area contributed by atoms with Gasteiger partial charge in [0, 0.05) is 12.7 Å². The van der Waals surface area contributed by atoms with E-state index in [1.165, 1.54) is 6.92 Å². The van der Waals surface area contributed by atoms with Gasteiger partial charge in [0.1, 0.15) is 12.3 Å². The molecule has 1 rings (SSSR count). The molecule has 0 bridgehead atoms. The predicted octanol–water partition coefficient (Wildman–Crippen LogP) is 0.533. The summed E-state index contributed by atoms with van der Waals surface area (Å²) in [5, 5.41) is 11.3. The highest BCUT2D eigenvalue weighted by Crippen LogP contribution is 2.18. The molecule has 0 saturated carbocycles. The average Bonchev–Trinajstić information content (AvgIpc) is 2.82. The summed E-state index contributed by atoms with van der Waals surface area (Å²) in [6.07, 6.45) is 1.13. The molecule has 1 atom stereocenters. The molecule has 0 aliphatic carbocycles. The molecule has 1 amide bonds. The molecular formula is C11H14N2O6S. The first-order valence-corrected chi connectivity index (χ1v) is 6.68. The van der Waals surface area contributed by atoms with E-state index in [1.807, 2.05) is 0 Å². The Morgan fingerprint density at radius 3 is 2.80 bits per heavy atom. The maximum absolute atomic E-state index is 11.3. The second-order valence-electron chi connectivity index (χ2n) is 3.62. The molecule has 0 radical (unpaired) electrons. The van der Waals surface area contributed by atoms with Crippen LogP contribution in [0.5, 0.6) is 0 Å². The van der Waals surface area contributed by atoms with Gasteiger partial charge in [-0.2, -0.15) is 4.98 Å². The largest absolute Gasteiger partial charge is 0.480 e. The number of hydrogen-bond donors (Lipinski definition) is 2. The Kier molecular flexibility index (Phi) is 6.04. The van der Waals surface area contributed by atoms with E-state index >= 15 is 0 Å². The van der Waals surface area contributed by atoms with Gasteiger partial charge in [0.25, 0.3) is 5.22 Å². The summed E-state index contributed by atoms with van der Waals surface area (Å²) in [5.74, 6) is -2.19. The number of ether oxygens (including phenoxy) is 1. The van der Waals surface area contributed by atoms with E-state index in [0.717, 1.165) is 18.0 Å². The molecule has 2 N–H and O–H groups in total. The number of esters is 1. The molecule has 9 heteroatoms. The van der Waals surface area contributed by atoms with Gasteiger partial charge in [0.2, 0.25) is 5.91 Å². The van der Waals surface area contributed by atoms with Crippen molar-refractivity contribution in [2.75, 3.05) is 12.4 Å². The first-order valence-electron chi connectivity index (χ1n) is 5.69. The second kappa shape index (κ2) is 7.53. The number of carbonyl (C=O) groups is 3. The van der Waals surface area contributed by atoms with Crippen LogP contribution in [0.15, 0.2) is 15.9 Å². The van der Waals surface area contributed by atoms with E-state index in [2.05, 4.69) is 10.3 Å². The van der Waals surface area contributed by atoms with Gasteiger partial charge >= 0.3 is 11.9 Å². The number of hydrogen-bond acceptors (Lipinski definition) is 7. The van der Waals surface area contributed by atoms with Crippen LogP contribution in [-0.2, 0) is 14.3 Å². The van der Waals surface area contributed by atoms with Crippen molar-refractivity contribution >= 4 is 29.6 Å². The standard InChI is InChI=1S/C11H14N2O6S/c1-3-18-10(17)7-4-19-11(13-7)20-5-8(9(15)16)12-6(2)14/h4,8H,3,5H2,1-2H3,(H,12,14)(H,15,16). The number of carbonyl (C=O) groups excluding carboxylic acids is 2. The van der Waals surface area contributed by atoms with Gasteiger partial charge in [-0.3, -0.25) is 4.79 Å². The van der Waals surface area contributed by atoms with Crippen molar-refractivity contribution in [3.05, 3.63) is 12.0 Å². The van der Waals surface area contributed by atoms with E-state index in [4.69, 9.17) is 14.3 Å². The zero-order valence-corrected chi connectivity index (χ0v) is 11.7. The smallest absolute Gasteiger partial charge is 0.360 e. The molecule has 1 heterocycles. The molecule has 0 saturated heterocycles. The number of rotatable bonds is 7. The molecule has 0 aliphatic rings. The summed E-state index contributed by atoms with van der Waals surface area (Å²) < 4.78 is 9.75. The molecule has 1 aromatic rings. The number of thioether (sulfide) groups is 1. The van der Waals surface area contributed by atoms with Gasteiger partial charge in [0.15, 0.2) is 5.69 Å². The Balaban J connectivity index is 2.58. The monoisotopic (exact) mass is 302 g/mol. The number of aromatic nitrogens is 1. The van der Waals surface area contributed by atoms with E-state index in [0.29, 0.717) is 0 Å². The molecule has 0 aliphatic heterocycles. The number of aliphatic carboxylic acids is 1. The fourth-order valence-corrected chi connectivity index (χ4v) is 2.01. The SMILES string of the molecule is CCOC(=O)c1coc(SCC(NC(C)=O)C(=O)O)n1. The average molecular weight is 302 g/mol. The quantitative estimate of drug-likeness (QED) is 0.553. The number of nitrogens with zero attached hydrogens (tertiary/aromatic N) is 1. The lowest BCUT2D eigenvalue weighted by molar-refractivity contribution is -0.140. The fraction of sp³-hybridized carbons (Fsp3) is 0.455. The van der Waals surface area contributed by atoms with Crippen molar-refractivity contribution in [3.8, 4) is 0 Å². The summed E-state index contributed by atoms with van der Waals surface area (Å²) >= 11 is 0.974. The second-order valence-corrected chi connectivity index (χ2v) is 4.59. The maximum atomic E-state index is 11.3. The third kappa shape index (κ3) is 4.92. The zero-order valence-electron chi connectivity index (χ0n) is 10.9. The van der Waals surface area contributed by atoms with E-state index < -0.39 is 23.9 Å². The van der Waals surface area contributed by atoms with E-state index in [9.17, 15) is 14.4 Å². The number of carboxylic acid groups (broad SMARTS) is 1. The molecule has 20 heavy (non-hydrogen) atoms. The highest BCUT2D eigenvalue weighted by Gasteiger charge is 2.20. The lowest BCUT2D eigenvalue weighted by Gasteiger charge is -2.10. The van der Waals surface area contributed by atoms with Gasteiger partial charge in [-0.25, -0.2) is 9.59 Å². The summed E-state index contributed by atoms with van der Waals surface area (Å²) in [6.45, 7) is 3.11.